The molecule has 4 rings (SSSR count). The number of hydrogen-bond donors (Lipinski definition) is 2. The van der Waals surface area contributed by atoms with Gasteiger partial charge in [-0.15, -0.1) is 0 Å². The van der Waals surface area contributed by atoms with Crippen molar-refractivity contribution < 1.29 is 14.3 Å². The van der Waals surface area contributed by atoms with Crippen molar-refractivity contribution >= 4 is 39.9 Å². The molecule has 0 radical (unpaired) electrons. The number of halogens is 1. The van der Waals surface area contributed by atoms with E-state index < -0.39 is 5.97 Å². The second-order valence-corrected chi connectivity index (χ2v) is 7.96. The fraction of sp³-hybridized carbons (Fsp3) is 0.154. The van der Waals surface area contributed by atoms with Crippen LogP contribution < -0.4 is 5.32 Å². The number of benzene rings is 3. The van der Waals surface area contributed by atoms with Gasteiger partial charge in [0.15, 0.2) is 6.61 Å². The van der Waals surface area contributed by atoms with Crippen molar-refractivity contribution in [2.45, 2.75) is 13.3 Å². The van der Waals surface area contributed by atoms with E-state index in [0.717, 1.165) is 28.6 Å². The molecule has 0 saturated carbocycles. The maximum absolute atomic E-state index is 12.8. The normalized spacial score (nSPS) is 10.8. The number of carbonyl (C=O) groups is 2. The number of anilines is 1. The molecule has 2 N–H and O–H groups in total. The van der Waals surface area contributed by atoms with E-state index in [2.05, 4.69) is 10.3 Å². The van der Waals surface area contributed by atoms with E-state index in [1.165, 1.54) is 0 Å². The molecule has 0 bridgehead atoms. The minimum absolute atomic E-state index is 0.235. The summed E-state index contributed by atoms with van der Waals surface area (Å²) >= 11 is 5.93. The molecule has 0 aliphatic heterocycles. The van der Waals surface area contributed by atoms with Crippen LogP contribution in [0, 0.1) is 6.92 Å². The summed E-state index contributed by atoms with van der Waals surface area (Å²) in [4.78, 5) is 28.7. The van der Waals surface area contributed by atoms with E-state index in [1.807, 2.05) is 67.6 Å². The first-order valence-corrected chi connectivity index (χ1v) is 10.8. The minimum Gasteiger partial charge on any atom is -0.454 e. The Bertz CT molecular complexity index is 1260. The van der Waals surface area contributed by atoms with Gasteiger partial charge in [0.05, 0.1) is 5.56 Å². The molecule has 0 aliphatic carbocycles. The van der Waals surface area contributed by atoms with Crippen LogP contribution >= 0.6 is 11.6 Å². The van der Waals surface area contributed by atoms with E-state index in [-0.39, 0.29) is 12.4 Å². The van der Waals surface area contributed by atoms with Gasteiger partial charge in [-0.25, -0.2) is 4.79 Å². The molecule has 1 aromatic heterocycles. The van der Waals surface area contributed by atoms with Crippen LogP contribution in [0.5, 0.6) is 0 Å². The summed E-state index contributed by atoms with van der Waals surface area (Å²) in [6.07, 6.45) is 0.777. The first-order chi connectivity index (χ1) is 15.5. The van der Waals surface area contributed by atoms with Gasteiger partial charge in [-0.2, -0.15) is 0 Å². The van der Waals surface area contributed by atoms with Crippen molar-refractivity contribution in [1.29, 1.82) is 0 Å². The lowest BCUT2D eigenvalue weighted by Gasteiger charge is -2.12. The van der Waals surface area contributed by atoms with Crippen LogP contribution in [0.2, 0.25) is 5.02 Å². The topological polar surface area (TPSA) is 71.2 Å². The number of Topliss-reactive ketones (excluding diaryl/α,β-unsaturated/α-hetero) is 1. The molecule has 6 heteroatoms. The quantitative estimate of drug-likeness (QED) is 0.264. The summed E-state index contributed by atoms with van der Waals surface area (Å²) in [6.45, 7) is 2.16. The van der Waals surface area contributed by atoms with Crippen LogP contribution in [-0.2, 0) is 11.2 Å². The van der Waals surface area contributed by atoms with E-state index in [4.69, 9.17) is 16.3 Å². The molecule has 3 aromatic carbocycles. The van der Waals surface area contributed by atoms with E-state index in [9.17, 15) is 9.59 Å². The number of nitrogens with one attached hydrogen (secondary N) is 2. The van der Waals surface area contributed by atoms with Gasteiger partial charge >= 0.3 is 5.97 Å². The zero-order valence-corrected chi connectivity index (χ0v) is 18.4. The second-order valence-electron chi connectivity index (χ2n) is 7.52. The molecule has 0 atom stereocenters. The second kappa shape index (κ2) is 9.71. The molecular weight excluding hydrogens is 424 g/mol. The van der Waals surface area contributed by atoms with Crippen LogP contribution in [-0.4, -0.2) is 29.9 Å². The lowest BCUT2D eigenvalue weighted by Crippen LogP contribution is -2.16. The maximum atomic E-state index is 12.8. The molecule has 32 heavy (non-hydrogen) atoms. The molecule has 0 spiro atoms. The summed E-state index contributed by atoms with van der Waals surface area (Å²) < 4.78 is 5.38. The summed E-state index contributed by atoms with van der Waals surface area (Å²) in [5.74, 6) is -0.771. The third-order valence-electron chi connectivity index (χ3n) is 5.30. The fourth-order valence-corrected chi connectivity index (χ4v) is 3.85. The third-order valence-corrected chi connectivity index (χ3v) is 5.55. The predicted octanol–water partition coefficient (Wildman–Crippen LogP) is 5.82. The number of ether oxygens (including phenoxy) is 1. The summed E-state index contributed by atoms with van der Waals surface area (Å²) in [6, 6.07) is 22.4. The van der Waals surface area contributed by atoms with Gasteiger partial charge in [0.25, 0.3) is 0 Å². The van der Waals surface area contributed by atoms with Crippen LogP contribution in [0.1, 0.15) is 32.0 Å². The Morgan fingerprint density at radius 1 is 0.969 bits per heavy atom. The number of para-hydroxylation sites is 2. The van der Waals surface area contributed by atoms with Crippen LogP contribution in [0.15, 0.2) is 72.8 Å². The van der Waals surface area contributed by atoms with Crippen molar-refractivity contribution in [3.63, 3.8) is 0 Å². The van der Waals surface area contributed by atoms with Crippen molar-refractivity contribution in [3.05, 3.63) is 100 Å². The average Bonchev–Trinajstić information content (AvgIpc) is 3.14. The molecule has 0 fully saturated rings. The number of H-pyrrole nitrogens is 1. The Labute approximate surface area is 191 Å². The first kappa shape index (κ1) is 21.7. The molecule has 1 heterocycles. The Morgan fingerprint density at radius 2 is 1.69 bits per heavy atom. The van der Waals surface area contributed by atoms with Crippen LogP contribution in [0.25, 0.3) is 10.9 Å². The molecule has 0 saturated heterocycles. The highest BCUT2D eigenvalue weighted by Crippen LogP contribution is 2.23. The number of esters is 1. The molecule has 0 amide bonds. The zero-order valence-electron chi connectivity index (χ0n) is 17.7. The van der Waals surface area contributed by atoms with E-state index in [0.29, 0.717) is 28.4 Å². The number of carbonyl (C=O) groups excluding carboxylic acids is 2. The number of aromatic amines is 1. The fourth-order valence-electron chi connectivity index (χ4n) is 3.72. The smallest absolute Gasteiger partial charge is 0.340 e. The number of hydrogen-bond acceptors (Lipinski definition) is 4. The predicted molar refractivity (Wildman–Crippen MR) is 128 cm³/mol. The van der Waals surface area contributed by atoms with E-state index >= 15 is 0 Å². The minimum atomic E-state index is -0.537. The number of ketones is 1. The molecule has 0 aliphatic rings. The first-order valence-electron chi connectivity index (χ1n) is 10.4. The Kier molecular flexibility index (Phi) is 6.57. The van der Waals surface area contributed by atoms with E-state index in [1.54, 1.807) is 12.1 Å². The summed E-state index contributed by atoms with van der Waals surface area (Å²) in [7, 11) is 0. The van der Waals surface area contributed by atoms with Crippen molar-refractivity contribution in [3.8, 4) is 0 Å². The third kappa shape index (κ3) is 4.84. The Morgan fingerprint density at radius 3 is 2.50 bits per heavy atom. The molecule has 4 aromatic rings. The number of fused-ring (bicyclic) bond motifs is 1. The number of rotatable bonds is 8. The summed E-state index contributed by atoms with van der Waals surface area (Å²) in [5.41, 5.74) is 4.41. The van der Waals surface area contributed by atoms with Crippen LogP contribution in [0.4, 0.5) is 5.69 Å². The lowest BCUT2D eigenvalue weighted by molar-refractivity contribution is 0.0476. The highest BCUT2D eigenvalue weighted by Gasteiger charge is 2.19. The number of aryl methyl sites for hydroxylation is 1. The molecule has 162 valence electrons. The molecule has 0 unspecified atom stereocenters. The monoisotopic (exact) mass is 446 g/mol. The molecule has 5 nitrogen and oxygen atoms in total. The average molecular weight is 447 g/mol. The lowest BCUT2D eigenvalue weighted by atomic mass is 10.1. The largest absolute Gasteiger partial charge is 0.454 e. The summed E-state index contributed by atoms with van der Waals surface area (Å²) in [5, 5.41) is 4.81. The van der Waals surface area contributed by atoms with Gasteiger partial charge in [0, 0.05) is 39.4 Å². The zero-order chi connectivity index (χ0) is 22.5. The standard InChI is InChI=1S/C26H23ClN2O3/c1-17-25(20-6-2-5-9-23(20)29-17)24(30)16-32-26(31)21-7-3-4-8-22(21)28-15-14-18-10-12-19(27)13-11-18/h2-13,28-29H,14-16H2,1H3. The SMILES string of the molecule is Cc1[nH]c2ccccc2c1C(=O)COC(=O)c1ccccc1NCCc1ccc(Cl)cc1. The van der Waals surface area contributed by atoms with Gasteiger partial charge in [0.1, 0.15) is 0 Å². The maximum Gasteiger partial charge on any atom is 0.340 e. The van der Waals surface area contributed by atoms with Gasteiger partial charge in [-0.3, -0.25) is 4.79 Å². The van der Waals surface area contributed by atoms with Gasteiger partial charge in [-0.05, 0) is 49.2 Å². The van der Waals surface area contributed by atoms with Gasteiger partial charge in [-0.1, -0.05) is 54.1 Å². The highest BCUT2D eigenvalue weighted by atomic mass is 35.5. The highest BCUT2D eigenvalue weighted by molar-refractivity contribution is 6.30. The number of aromatic nitrogens is 1. The van der Waals surface area contributed by atoms with Crippen molar-refractivity contribution in [2.24, 2.45) is 0 Å². The van der Waals surface area contributed by atoms with Crippen molar-refractivity contribution in [1.82, 2.24) is 4.98 Å². The Hall–Kier alpha value is -3.57. The van der Waals surface area contributed by atoms with Gasteiger partial charge in [0.2, 0.25) is 5.78 Å². The van der Waals surface area contributed by atoms with Gasteiger partial charge < -0.3 is 15.0 Å². The van der Waals surface area contributed by atoms with Crippen LogP contribution in [0.3, 0.4) is 0 Å². The molecular formula is C26H23ClN2O3. The Balaban J connectivity index is 1.39. The van der Waals surface area contributed by atoms with Crippen molar-refractivity contribution in [2.75, 3.05) is 18.5 Å².